The monoisotopic (exact) mass is 107 g/mol. The van der Waals surface area contributed by atoms with Crippen molar-refractivity contribution in [2.75, 3.05) is 0 Å². The predicted octanol–water partition coefficient (Wildman–Crippen LogP) is 1.28. The van der Waals surface area contributed by atoms with E-state index >= 15 is 0 Å². The van der Waals surface area contributed by atoms with E-state index in [1.165, 1.54) is 0 Å². The zero-order chi connectivity index (χ0) is 5.82. The lowest BCUT2D eigenvalue weighted by molar-refractivity contribution is -0.105. The van der Waals surface area contributed by atoms with Crippen molar-refractivity contribution in [3.05, 3.63) is 30.2 Å². The summed E-state index contributed by atoms with van der Waals surface area (Å²) in [6.45, 7) is 0. The number of hydrogen-bond acceptors (Lipinski definition) is 1. The third-order valence-corrected chi connectivity index (χ3v) is 1.06. The Morgan fingerprint density at radius 1 is 1.75 bits per heavy atom. The van der Waals surface area contributed by atoms with Crippen molar-refractivity contribution in [2.45, 2.75) is 6.42 Å². The van der Waals surface area contributed by atoms with Gasteiger partial charge in [0.15, 0.2) is 0 Å². The number of carbonyl (C=O) groups is 1. The topological polar surface area (TPSA) is 17.1 Å². The number of allylic oxidation sites excluding steroid dienone is 4. The van der Waals surface area contributed by atoms with Crippen molar-refractivity contribution in [1.82, 2.24) is 0 Å². The minimum absolute atomic E-state index is 0.792. The maximum absolute atomic E-state index is 10.0. The normalized spacial score (nSPS) is 16.8. The van der Waals surface area contributed by atoms with Crippen molar-refractivity contribution in [3.63, 3.8) is 0 Å². The van der Waals surface area contributed by atoms with Crippen molar-refractivity contribution < 1.29 is 4.79 Å². The van der Waals surface area contributed by atoms with E-state index in [2.05, 4.69) is 0 Å². The summed E-state index contributed by atoms with van der Waals surface area (Å²) in [7, 11) is 0. The Hall–Kier alpha value is -0.980. The molecule has 1 rings (SSSR count). The fourth-order valence-corrected chi connectivity index (χ4v) is 0.617. The lowest BCUT2D eigenvalue weighted by Crippen LogP contribution is -1.85. The number of aldehydes is 1. The van der Waals surface area contributed by atoms with Crippen LogP contribution in [0.2, 0.25) is 0 Å². The molecule has 0 bridgehead atoms. The second-order valence-electron chi connectivity index (χ2n) is 1.68. The Kier molecular flexibility index (Phi) is 1.52. The van der Waals surface area contributed by atoms with Gasteiger partial charge in [-0.1, -0.05) is 0 Å². The van der Waals surface area contributed by atoms with Crippen molar-refractivity contribution in [1.29, 1.82) is 0 Å². The van der Waals surface area contributed by atoms with Gasteiger partial charge >= 0.3 is 0 Å². The minimum atomic E-state index is 0.792. The molecule has 0 saturated heterocycles. The van der Waals surface area contributed by atoms with Gasteiger partial charge in [-0.3, -0.25) is 4.79 Å². The Morgan fingerprint density at radius 2 is 2.62 bits per heavy atom. The van der Waals surface area contributed by atoms with Crippen LogP contribution in [0.15, 0.2) is 23.8 Å². The van der Waals surface area contributed by atoms with Crippen molar-refractivity contribution in [2.24, 2.45) is 0 Å². The molecule has 0 fully saturated rings. The van der Waals surface area contributed by atoms with Crippen LogP contribution in [-0.4, -0.2) is 6.29 Å². The molecule has 0 aromatic heterocycles. The molecule has 0 amide bonds. The van der Waals surface area contributed by atoms with Crippen LogP contribution in [0.5, 0.6) is 0 Å². The van der Waals surface area contributed by atoms with Crippen LogP contribution in [0.3, 0.4) is 0 Å². The van der Waals surface area contributed by atoms with Gasteiger partial charge in [0.2, 0.25) is 6.29 Å². The summed E-state index contributed by atoms with van der Waals surface area (Å²) in [5.41, 5.74) is 0.854. The first-order valence-electron chi connectivity index (χ1n) is 2.57. The molecule has 8 heavy (non-hydrogen) atoms. The average Bonchev–Trinajstić information content (AvgIpc) is 1.90. The van der Waals surface area contributed by atoms with Gasteiger partial charge in [-0.25, -0.2) is 0 Å². The molecule has 1 aliphatic carbocycles. The fraction of sp³-hybridized carbons (Fsp3) is 0.143. The SMILES string of the molecule is O=CC1=C[CH+]C=CC1. The van der Waals surface area contributed by atoms with E-state index in [1.54, 1.807) is 0 Å². The first-order valence-corrected chi connectivity index (χ1v) is 2.57. The maximum Gasteiger partial charge on any atom is 0.201 e. The molecule has 0 heterocycles. The Labute approximate surface area is 48.7 Å². The average molecular weight is 107 g/mol. The van der Waals surface area contributed by atoms with Crippen LogP contribution >= 0.6 is 0 Å². The zero-order valence-corrected chi connectivity index (χ0v) is 4.50. The Balaban J connectivity index is 2.55. The smallest absolute Gasteiger partial charge is 0.201 e. The highest BCUT2D eigenvalue weighted by Crippen LogP contribution is 2.05. The number of carbonyl (C=O) groups excluding carboxylic acids is 1. The predicted molar refractivity (Wildman–Crippen MR) is 32.2 cm³/mol. The molecule has 0 atom stereocenters. The number of hydrogen-bond donors (Lipinski definition) is 0. The molecule has 0 radical (unpaired) electrons. The van der Waals surface area contributed by atoms with E-state index in [0.717, 1.165) is 18.3 Å². The third-order valence-electron chi connectivity index (χ3n) is 1.06. The zero-order valence-electron chi connectivity index (χ0n) is 4.50. The molecule has 40 valence electrons. The van der Waals surface area contributed by atoms with Gasteiger partial charge in [0.05, 0.1) is 18.1 Å². The minimum Gasteiger partial charge on any atom is -0.282 e. The molecular weight excluding hydrogens is 100 g/mol. The van der Waals surface area contributed by atoms with Crippen LogP contribution in [0, 0.1) is 6.42 Å². The molecule has 0 aliphatic heterocycles. The molecule has 0 spiro atoms. The van der Waals surface area contributed by atoms with Gasteiger partial charge in [-0.05, 0) is 0 Å². The third kappa shape index (κ3) is 0.997. The summed E-state index contributed by atoms with van der Waals surface area (Å²) in [4.78, 5) is 10.0. The largest absolute Gasteiger partial charge is 0.282 e. The summed E-state index contributed by atoms with van der Waals surface area (Å²) in [5.74, 6) is 0. The highest BCUT2D eigenvalue weighted by Gasteiger charge is 2.02. The van der Waals surface area contributed by atoms with Crippen LogP contribution in [-0.2, 0) is 4.79 Å². The van der Waals surface area contributed by atoms with Gasteiger partial charge in [0.1, 0.15) is 0 Å². The summed E-state index contributed by atoms with van der Waals surface area (Å²) < 4.78 is 0. The van der Waals surface area contributed by atoms with Gasteiger partial charge in [0.25, 0.3) is 0 Å². The van der Waals surface area contributed by atoms with Crippen LogP contribution in [0.25, 0.3) is 0 Å². The second kappa shape index (κ2) is 2.36. The van der Waals surface area contributed by atoms with E-state index in [-0.39, 0.29) is 0 Å². The standard InChI is InChI=1S/C7H7O/c8-6-7-4-2-1-3-5-7/h1-4,6H,5H2/q+1. The molecule has 1 heteroatoms. The second-order valence-corrected chi connectivity index (χ2v) is 1.68. The summed E-state index contributed by atoms with van der Waals surface area (Å²) >= 11 is 0. The van der Waals surface area contributed by atoms with E-state index in [0.29, 0.717) is 0 Å². The lowest BCUT2D eigenvalue weighted by atomic mass is 10.1. The maximum atomic E-state index is 10.0. The summed E-state index contributed by atoms with van der Waals surface area (Å²) in [6, 6.07) is 0. The first-order chi connectivity index (χ1) is 3.93. The van der Waals surface area contributed by atoms with Crippen LogP contribution in [0.4, 0.5) is 0 Å². The van der Waals surface area contributed by atoms with E-state index in [4.69, 9.17) is 0 Å². The Bertz CT molecular complexity index is 142. The molecule has 0 N–H and O–H groups in total. The quantitative estimate of drug-likeness (QED) is 0.364. The number of rotatable bonds is 1. The van der Waals surface area contributed by atoms with Gasteiger partial charge in [-0.2, -0.15) is 0 Å². The molecule has 0 aromatic rings. The van der Waals surface area contributed by atoms with Crippen molar-refractivity contribution >= 4 is 6.29 Å². The van der Waals surface area contributed by atoms with E-state index < -0.39 is 0 Å². The summed E-state index contributed by atoms with van der Waals surface area (Å²) in [5, 5.41) is 0. The molecule has 0 unspecified atom stereocenters. The van der Waals surface area contributed by atoms with Gasteiger partial charge in [0, 0.05) is 18.6 Å². The van der Waals surface area contributed by atoms with Gasteiger partial charge in [-0.15, -0.1) is 0 Å². The molecule has 1 nitrogen and oxygen atoms in total. The van der Waals surface area contributed by atoms with Crippen LogP contribution in [0.1, 0.15) is 6.42 Å². The van der Waals surface area contributed by atoms with E-state index in [1.807, 2.05) is 24.6 Å². The van der Waals surface area contributed by atoms with Crippen LogP contribution < -0.4 is 0 Å². The van der Waals surface area contributed by atoms with Gasteiger partial charge < -0.3 is 0 Å². The summed E-state index contributed by atoms with van der Waals surface area (Å²) in [6.07, 6.45) is 9.27. The fourth-order valence-electron chi connectivity index (χ4n) is 0.617. The molecular formula is C7H7O+. The first kappa shape index (κ1) is 5.16. The molecule has 1 aliphatic rings. The molecule has 0 saturated carbocycles. The lowest BCUT2D eigenvalue weighted by Gasteiger charge is -1.87. The van der Waals surface area contributed by atoms with E-state index in [9.17, 15) is 4.79 Å². The Morgan fingerprint density at radius 3 is 3.00 bits per heavy atom. The van der Waals surface area contributed by atoms with Crippen molar-refractivity contribution in [3.8, 4) is 0 Å². The molecule has 0 aromatic carbocycles. The highest BCUT2D eigenvalue weighted by atomic mass is 16.1. The highest BCUT2D eigenvalue weighted by molar-refractivity contribution is 5.74.